The zero-order valence-corrected chi connectivity index (χ0v) is 20.9. The number of anilines is 3. The summed E-state index contributed by atoms with van der Waals surface area (Å²) in [4.78, 5) is 19.4. The minimum absolute atomic E-state index is 0.000508. The molecule has 4 heterocycles. The molecule has 0 bridgehead atoms. The van der Waals surface area contributed by atoms with Crippen molar-refractivity contribution in [3.63, 3.8) is 0 Å². The Bertz CT molecular complexity index is 1260. The van der Waals surface area contributed by atoms with E-state index in [4.69, 9.17) is 21.6 Å². The van der Waals surface area contributed by atoms with Crippen LogP contribution >= 0.6 is 11.6 Å². The van der Waals surface area contributed by atoms with Crippen LogP contribution in [0.15, 0.2) is 42.6 Å². The molecule has 37 heavy (non-hydrogen) atoms. The minimum atomic E-state index is -4.48. The molecule has 3 aromatic rings. The van der Waals surface area contributed by atoms with Crippen molar-refractivity contribution >= 4 is 29.2 Å². The number of alkyl halides is 3. The number of piperazine rings is 2. The normalized spacial score (nSPS) is 18.9. The lowest BCUT2D eigenvalue weighted by Crippen LogP contribution is -2.50. The quantitative estimate of drug-likeness (QED) is 0.495. The van der Waals surface area contributed by atoms with Crippen molar-refractivity contribution in [2.75, 3.05) is 60.5 Å². The number of halogens is 5. The van der Waals surface area contributed by atoms with Gasteiger partial charge in [0.05, 0.1) is 16.3 Å². The molecular weight excluding hydrogens is 510 g/mol. The Morgan fingerprint density at radius 3 is 2.43 bits per heavy atom. The Labute approximate surface area is 217 Å². The molecule has 2 saturated heterocycles. The first-order chi connectivity index (χ1) is 17.7. The Kier molecular flexibility index (Phi) is 7.09. The van der Waals surface area contributed by atoms with Crippen LogP contribution in [0, 0.1) is 5.82 Å². The van der Waals surface area contributed by atoms with Gasteiger partial charge in [0.25, 0.3) is 0 Å². The third kappa shape index (κ3) is 5.57. The Morgan fingerprint density at radius 1 is 0.973 bits per heavy atom. The molecule has 2 fully saturated rings. The van der Waals surface area contributed by atoms with Crippen LogP contribution in [-0.2, 0) is 6.18 Å². The van der Waals surface area contributed by atoms with Crippen LogP contribution in [0.2, 0.25) is 5.02 Å². The van der Waals surface area contributed by atoms with Crippen molar-refractivity contribution in [3.05, 3.63) is 59.0 Å². The maximum atomic E-state index is 13.8. The highest BCUT2D eigenvalue weighted by atomic mass is 35.5. The van der Waals surface area contributed by atoms with Gasteiger partial charge in [-0.3, -0.25) is 0 Å². The summed E-state index contributed by atoms with van der Waals surface area (Å²) in [6.07, 6.45) is -3.10. The fourth-order valence-electron chi connectivity index (χ4n) is 4.66. The molecule has 2 aromatic heterocycles. The smallest absolute Gasteiger partial charge is 0.353 e. The summed E-state index contributed by atoms with van der Waals surface area (Å²) in [5.41, 5.74) is 0.511. The summed E-state index contributed by atoms with van der Waals surface area (Å²) in [5, 5.41) is 3.40. The number of nitrogens with zero attached hydrogens (tertiary/aromatic N) is 6. The molecule has 0 amide bonds. The molecule has 0 radical (unpaired) electrons. The van der Waals surface area contributed by atoms with Crippen LogP contribution in [0.4, 0.5) is 35.1 Å². The van der Waals surface area contributed by atoms with Crippen molar-refractivity contribution < 1.29 is 17.6 Å². The van der Waals surface area contributed by atoms with Gasteiger partial charge in [-0.25, -0.2) is 14.4 Å². The lowest BCUT2D eigenvalue weighted by molar-refractivity contribution is -0.137. The summed E-state index contributed by atoms with van der Waals surface area (Å²) >= 11 is 6.04. The molecule has 2 aliphatic heterocycles. The van der Waals surface area contributed by atoms with Crippen molar-refractivity contribution in [1.82, 2.24) is 20.3 Å². The van der Waals surface area contributed by atoms with Gasteiger partial charge < -0.3 is 20.0 Å². The average Bonchev–Trinajstić information content (AvgIpc) is 2.89. The second-order valence-corrected chi connectivity index (χ2v) is 9.60. The summed E-state index contributed by atoms with van der Waals surface area (Å²) in [7, 11) is 0. The van der Waals surface area contributed by atoms with E-state index in [1.807, 2.05) is 11.0 Å². The van der Waals surface area contributed by atoms with Gasteiger partial charge in [-0.05, 0) is 37.3 Å². The minimum Gasteiger partial charge on any atom is -0.353 e. The number of pyridine rings is 1. The fourth-order valence-corrected chi connectivity index (χ4v) is 4.84. The van der Waals surface area contributed by atoms with E-state index in [2.05, 4.69) is 22.1 Å². The molecule has 1 unspecified atom stereocenters. The monoisotopic (exact) mass is 535 g/mol. The van der Waals surface area contributed by atoms with Gasteiger partial charge in [-0.15, -0.1) is 0 Å². The van der Waals surface area contributed by atoms with Crippen molar-refractivity contribution in [2.45, 2.75) is 19.1 Å². The third-order valence-corrected chi connectivity index (χ3v) is 6.85. The van der Waals surface area contributed by atoms with Gasteiger partial charge in [0.2, 0.25) is 5.95 Å². The summed E-state index contributed by atoms with van der Waals surface area (Å²) in [6.45, 7) is 5.92. The first kappa shape index (κ1) is 25.5. The van der Waals surface area contributed by atoms with Gasteiger partial charge in [-0.2, -0.15) is 18.2 Å². The molecule has 1 atom stereocenters. The average molecular weight is 536 g/mol. The number of hydrogen-bond acceptors (Lipinski definition) is 7. The maximum Gasteiger partial charge on any atom is 0.419 e. The van der Waals surface area contributed by atoms with E-state index >= 15 is 0 Å². The van der Waals surface area contributed by atoms with E-state index in [1.54, 1.807) is 11.0 Å². The lowest BCUT2D eigenvalue weighted by Gasteiger charge is -2.37. The number of benzene rings is 1. The van der Waals surface area contributed by atoms with E-state index < -0.39 is 17.6 Å². The molecule has 0 saturated carbocycles. The zero-order chi connectivity index (χ0) is 26.2. The van der Waals surface area contributed by atoms with Crippen LogP contribution in [-0.4, -0.2) is 66.8 Å². The second-order valence-electron chi connectivity index (χ2n) is 9.19. The highest BCUT2D eigenvalue weighted by Crippen LogP contribution is 2.36. The third-order valence-electron chi connectivity index (χ3n) is 6.56. The highest BCUT2D eigenvalue weighted by molar-refractivity contribution is 6.31. The Balaban J connectivity index is 1.43. The largest absolute Gasteiger partial charge is 0.419 e. The predicted octanol–water partition coefficient (Wildman–Crippen LogP) is 4.47. The van der Waals surface area contributed by atoms with Crippen LogP contribution in [0.1, 0.15) is 12.5 Å². The second kappa shape index (κ2) is 10.3. The number of nitrogens with one attached hydrogen (secondary N) is 1. The van der Waals surface area contributed by atoms with Gasteiger partial charge in [-0.1, -0.05) is 11.6 Å². The Morgan fingerprint density at radius 2 is 1.73 bits per heavy atom. The predicted molar refractivity (Wildman–Crippen MR) is 136 cm³/mol. The number of aromatic nitrogens is 3. The Hall–Kier alpha value is -3.18. The standard InChI is InChI=1S/C25H26ClF4N7/c1-16-15-37(8-7-31-16)24-33-21(17-4-5-20(27)19(26)13-17)14-22(34-24)35-9-11-36(12-10-35)23-18(25(28,29)30)3-2-6-32-23/h2-6,13-14,16,31H,7-12,15H2,1H3. The topological polar surface area (TPSA) is 60.4 Å². The van der Waals surface area contributed by atoms with Crippen LogP contribution in [0.3, 0.4) is 0 Å². The molecule has 2 aliphatic rings. The molecular formula is C25H26ClF4N7. The lowest BCUT2D eigenvalue weighted by atomic mass is 10.1. The maximum absolute atomic E-state index is 13.8. The first-order valence-electron chi connectivity index (χ1n) is 12.0. The summed E-state index contributed by atoms with van der Waals surface area (Å²) in [5.74, 6) is 0.630. The molecule has 7 nitrogen and oxygen atoms in total. The first-order valence-corrected chi connectivity index (χ1v) is 12.4. The molecule has 196 valence electrons. The van der Waals surface area contributed by atoms with Gasteiger partial charge in [0.1, 0.15) is 17.5 Å². The molecule has 1 N–H and O–H groups in total. The van der Waals surface area contributed by atoms with Crippen LogP contribution < -0.4 is 20.0 Å². The fraction of sp³-hybridized carbons (Fsp3) is 0.400. The van der Waals surface area contributed by atoms with Crippen molar-refractivity contribution in [3.8, 4) is 11.3 Å². The summed E-state index contributed by atoms with van der Waals surface area (Å²) in [6, 6.07) is 8.88. The van der Waals surface area contributed by atoms with E-state index in [9.17, 15) is 17.6 Å². The molecule has 1 aromatic carbocycles. The van der Waals surface area contributed by atoms with E-state index in [-0.39, 0.29) is 16.9 Å². The van der Waals surface area contributed by atoms with Crippen molar-refractivity contribution in [1.29, 1.82) is 0 Å². The van der Waals surface area contributed by atoms with Gasteiger partial charge >= 0.3 is 6.18 Å². The van der Waals surface area contributed by atoms with E-state index in [1.165, 1.54) is 24.4 Å². The highest BCUT2D eigenvalue weighted by Gasteiger charge is 2.36. The van der Waals surface area contributed by atoms with Crippen molar-refractivity contribution in [2.24, 2.45) is 0 Å². The van der Waals surface area contributed by atoms with E-state index in [0.717, 1.165) is 25.7 Å². The number of hydrogen-bond donors (Lipinski definition) is 1. The molecule has 12 heteroatoms. The zero-order valence-electron chi connectivity index (χ0n) is 20.1. The molecule has 5 rings (SSSR count). The SMILES string of the molecule is CC1CN(c2nc(-c3ccc(F)c(Cl)c3)cc(N3CCN(c4ncccc4C(F)(F)F)CC3)n2)CCN1. The van der Waals surface area contributed by atoms with E-state index in [0.29, 0.717) is 49.2 Å². The summed E-state index contributed by atoms with van der Waals surface area (Å²) < 4.78 is 54.4. The van der Waals surface area contributed by atoms with Crippen LogP contribution in [0.25, 0.3) is 11.3 Å². The van der Waals surface area contributed by atoms with Gasteiger partial charge in [0.15, 0.2) is 0 Å². The van der Waals surface area contributed by atoms with Gasteiger partial charge in [0, 0.05) is 69.7 Å². The molecule has 0 aliphatic carbocycles. The number of rotatable bonds is 4. The van der Waals surface area contributed by atoms with Crippen LogP contribution in [0.5, 0.6) is 0 Å². The molecule has 0 spiro atoms.